The number of benzene rings is 4. The highest BCUT2D eigenvalue weighted by atomic mass is 16.2. The van der Waals surface area contributed by atoms with Gasteiger partial charge in [0.25, 0.3) is 11.8 Å². The number of carbonyl (C=O) groups excluding carboxylic acids is 3. The van der Waals surface area contributed by atoms with Crippen molar-refractivity contribution >= 4 is 23.3 Å². The molecule has 0 saturated heterocycles. The first kappa shape index (κ1) is 20.6. The van der Waals surface area contributed by atoms with Gasteiger partial charge >= 0.3 is 0 Å². The molecule has 0 unspecified atom stereocenters. The Morgan fingerprint density at radius 2 is 1.12 bits per heavy atom. The number of rotatable bonds is 3. The van der Waals surface area contributed by atoms with Crippen molar-refractivity contribution in [1.29, 1.82) is 0 Å². The van der Waals surface area contributed by atoms with E-state index in [1.165, 1.54) is 0 Å². The maximum atomic E-state index is 13.8. The SMILES string of the molecule is Cc1cccc(C(=O)N(C(=O)c2cccc(C)c2)c2cccc3c2C(=O)c2ccccc2-3)c1. The molecule has 0 atom stereocenters. The first-order valence-electron chi connectivity index (χ1n) is 10.7. The molecule has 0 spiro atoms. The zero-order valence-corrected chi connectivity index (χ0v) is 18.3. The third kappa shape index (κ3) is 3.46. The first-order valence-corrected chi connectivity index (χ1v) is 10.7. The molecule has 1 aliphatic carbocycles. The van der Waals surface area contributed by atoms with Crippen LogP contribution in [0.15, 0.2) is 91.0 Å². The number of aryl methyl sites for hydroxylation is 2. The van der Waals surface area contributed by atoms with E-state index in [9.17, 15) is 14.4 Å². The molecule has 0 bridgehead atoms. The van der Waals surface area contributed by atoms with Gasteiger partial charge in [-0.05, 0) is 55.3 Å². The molecule has 0 saturated carbocycles. The van der Waals surface area contributed by atoms with Gasteiger partial charge in [-0.2, -0.15) is 0 Å². The maximum Gasteiger partial charge on any atom is 0.265 e. The average Bonchev–Trinajstić information content (AvgIpc) is 3.12. The summed E-state index contributed by atoms with van der Waals surface area (Å²) in [6.45, 7) is 3.79. The Kier molecular flexibility index (Phi) is 4.98. The zero-order valence-electron chi connectivity index (χ0n) is 18.3. The van der Waals surface area contributed by atoms with Gasteiger partial charge in [0, 0.05) is 16.7 Å². The van der Waals surface area contributed by atoms with Crippen molar-refractivity contribution in [3.05, 3.63) is 124 Å². The van der Waals surface area contributed by atoms with Crippen molar-refractivity contribution in [2.75, 3.05) is 4.90 Å². The Bertz CT molecular complexity index is 1390. The molecule has 0 heterocycles. The number of nitrogens with zero attached hydrogens (tertiary/aromatic N) is 1. The second-order valence-electron chi connectivity index (χ2n) is 8.26. The van der Waals surface area contributed by atoms with E-state index in [1.54, 1.807) is 54.6 Å². The van der Waals surface area contributed by atoms with Gasteiger partial charge in [0.15, 0.2) is 5.78 Å². The molecule has 5 rings (SSSR count). The van der Waals surface area contributed by atoms with Crippen LogP contribution in [0, 0.1) is 13.8 Å². The molecular formula is C29H21NO3. The lowest BCUT2D eigenvalue weighted by Gasteiger charge is -2.24. The summed E-state index contributed by atoms with van der Waals surface area (Å²) in [4.78, 5) is 42.1. The van der Waals surface area contributed by atoms with Crippen LogP contribution < -0.4 is 4.90 Å². The van der Waals surface area contributed by atoms with Crippen LogP contribution in [0.3, 0.4) is 0 Å². The lowest BCUT2D eigenvalue weighted by atomic mass is 10.0. The summed E-state index contributed by atoms with van der Waals surface area (Å²) in [6.07, 6.45) is 0. The predicted octanol–water partition coefficient (Wildman–Crippen LogP) is 6.00. The minimum absolute atomic E-state index is 0.185. The quantitative estimate of drug-likeness (QED) is 0.329. The smallest absolute Gasteiger partial charge is 0.265 e. The fraction of sp³-hybridized carbons (Fsp3) is 0.0690. The van der Waals surface area contributed by atoms with Crippen molar-refractivity contribution in [2.45, 2.75) is 13.8 Å². The van der Waals surface area contributed by atoms with Gasteiger partial charge in [-0.15, -0.1) is 0 Å². The van der Waals surface area contributed by atoms with E-state index in [2.05, 4.69) is 0 Å². The minimum Gasteiger partial charge on any atom is -0.288 e. The Hall–Kier alpha value is -4.31. The molecule has 0 radical (unpaired) electrons. The summed E-state index contributed by atoms with van der Waals surface area (Å²) in [5.41, 5.74) is 5.38. The highest BCUT2D eigenvalue weighted by Crippen LogP contribution is 2.42. The maximum absolute atomic E-state index is 13.8. The van der Waals surface area contributed by atoms with Crippen LogP contribution in [0.5, 0.6) is 0 Å². The average molecular weight is 431 g/mol. The second kappa shape index (κ2) is 7.99. The standard InChI is InChI=1S/C29H21NO3/c1-18-8-5-10-20(16-18)28(32)30(29(33)21-11-6-9-19(2)17-21)25-15-7-14-23-22-12-3-4-13-24(22)27(31)26(23)25/h3-17H,1-2H3. The van der Waals surface area contributed by atoms with E-state index in [0.717, 1.165) is 27.2 Å². The van der Waals surface area contributed by atoms with Gasteiger partial charge in [-0.25, -0.2) is 4.90 Å². The molecule has 4 aromatic rings. The number of anilines is 1. The molecule has 33 heavy (non-hydrogen) atoms. The third-order valence-electron chi connectivity index (χ3n) is 5.91. The Morgan fingerprint density at radius 3 is 1.70 bits per heavy atom. The largest absolute Gasteiger partial charge is 0.288 e. The van der Waals surface area contributed by atoms with E-state index < -0.39 is 11.8 Å². The van der Waals surface area contributed by atoms with Crippen LogP contribution in [0.2, 0.25) is 0 Å². The molecular weight excluding hydrogens is 410 g/mol. The monoisotopic (exact) mass is 431 g/mol. The molecule has 0 aromatic heterocycles. The molecule has 2 amide bonds. The van der Waals surface area contributed by atoms with E-state index >= 15 is 0 Å². The molecule has 4 aromatic carbocycles. The van der Waals surface area contributed by atoms with Crippen LogP contribution in [-0.2, 0) is 0 Å². The van der Waals surface area contributed by atoms with Crippen molar-refractivity contribution in [3.8, 4) is 11.1 Å². The fourth-order valence-corrected chi connectivity index (χ4v) is 4.37. The van der Waals surface area contributed by atoms with Gasteiger partial charge in [0.2, 0.25) is 0 Å². The summed E-state index contributed by atoms with van der Waals surface area (Å²) < 4.78 is 0. The lowest BCUT2D eigenvalue weighted by Crippen LogP contribution is -2.38. The Morgan fingerprint density at radius 1 is 0.606 bits per heavy atom. The van der Waals surface area contributed by atoms with Crippen molar-refractivity contribution in [3.63, 3.8) is 0 Å². The molecule has 0 N–H and O–H groups in total. The number of ketones is 1. The number of fused-ring (bicyclic) bond motifs is 3. The molecule has 160 valence electrons. The second-order valence-corrected chi connectivity index (χ2v) is 8.26. The van der Waals surface area contributed by atoms with Gasteiger partial charge in [-0.1, -0.05) is 71.8 Å². The molecule has 0 aliphatic heterocycles. The van der Waals surface area contributed by atoms with Crippen LogP contribution in [-0.4, -0.2) is 17.6 Å². The summed E-state index contributed by atoms with van der Waals surface area (Å²) in [6, 6.07) is 26.9. The van der Waals surface area contributed by atoms with Gasteiger partial charge in [-0.3, -0.25) is 14.4 Å². The van der Waals surface area contributed by atoms with Gasteiger partial charge in [0.05, 0.1) is 11.3 Å². The molecule has 4 heteroatoms. The van der Waals surface area contributed by atoms with Gasteiger partial charge in [0.1, 0.15) is 0 Å². The van der Waals surface area contributed by atoms with Gasteiger partial charge < -0.3 is 0 Å². The third-order valence-corrected chi connectivity index (χ3v) is 5.91. The van der Waals surface area contributed by atoms with Crippen LogP contribution in [0.25, 0.3) is 11.1 Å². The van der Waals surface area contributed by atoms with Crippen LogP contribution in [0.4, 0.5) is 5.69 Å². The molecule has 1 aliphatic rings. The van der Waals surface area contributed by atoms with Crippen LogP contribution >= 0.6 is 0 Å². The minimum atomic E-state index is -0.470. The number of hydrogen-bond acceptors (Lipinski definition) is 3. The van der Waals surface area contributed by atoms with E-state index in [-0.39, 0.29) is 5.78 Å². The van der Waals surface area contributed by atoms with Crippen molar-refractivity contribution in [1.82, 2.24) is 0 Å². The number of hydrogen-bond donors (Lipinski definition) is 0. The normalized spacial score (nSPS) is 11.6. The van der Waals surface area contributed by atoms with E-state index in [1.807, 2.05) is 50.2 Å². The molecule has 0 fully saturated rings. The highest BCUT2D eigenvalue weighted by molar-refractivity contribution is 6.31. The number of amides is 2. The number of imide groups is 1. The first-order chi connectivity index (χ1) is 16.0. The lowest BCUT2D eigenvalue weighted by molar-refractivity contribution is 0.0897. The summed E-state index contributed by atoms with van der Waals surface area (Å²) in [5.74, 6) is -1.12. The van der Waals surface area contributed by atoms with Crippen molar-refractivity contribution in [2.24, 2.45) is 0 Å². The predicted molar refractivity (Wildman–Crippen MR) is 129 cm³/mol. The topological polar surface area (TPSA) is 54.5 Å². The summed E-state index contributed by atoms with van der Waals surface area (Å²) >= 11 is 0. The Labute approximate surface area is 192 Å². The van der Waals surface area contributed by atoms with E-state index in [4.69, 9.17) is 0 Å². The summed E-state index contributed by atoms with van der Waals surface area (Å²) in [7, 11) is 0. The summed E-state index contributed by atoms with van der Waals surface area (Å²) in [5, 5.41) is 0. The fourth-order valence-electron chi connectivity index (χ4n) is 4.37. The zero-order chi connectivity index (χ0) is 23.1. The van der Waals surface area contributed by atoms with E-state index in [0.29, 0.717) is 27.9 Å². The van der Waals surface area contributed by atoms with Crippen LogP contribution in [0.1, 0.15) is 47.8 Å². The van der Waals surface area contributed by atoms with Crippen molar-refractivity contribution < 1.29 is 14.4 Å². The number of carbonyl (C=O) groups is 3. The Balaban J connectivity index is 1.72. The highest BCUT2D eigenvalue weighted by Gasteiger charge is 2.35. The molecule has 4 nitrogen and oxygen atoms in total.